The molecule has 1 fully saturated rings. The summed E-state index contributed by atoms with van der Waals surface area (Å²) in [6, 6.07) is 1.43. The van der Waals surface area contributed by atoms with E-state index in [2.05, 4.69) is 42.9 Å². The Morgan fingerprint density at radius 1 is 1.33 bits per heavy atom. The molecule has 0 bridgehead atoms. The van der Waals surface area contributed by atoms with Crippen molar-refractivity contribution in [3.8, 4) is 0 Å². The molecule has 1 heterocycles. The van der Waals surface area contributed by atoms with E-state index in [1.54, 1.807) is 0 Å². The predicted molar refractivity (Wildman–Crippen MR) is 80.1 cm³/mol. The lowest BCUT2D eigenvalue weighted by molar-refractivity contribution is 0.255. The maximum atomic E-state index is 3.63. The molecule has 3 heteroatoms. The summed E-state index contributed by atoms with van der Waals surface area (Å²) in [6.07, 6.45) is 5.26. The largest absolute Gasteiger partial charge is 0.313 e. The first-order valence-corrected chi connectivity index (χ1v) is 7.79. The molecule has 0 spiro atoms. The van der Waals surface area contributed by atoms with Gasteiger partial charge < -0.3 is 15.1 Å². The van der Waals surface area contributed by atoms with E-state index in [4.69, 9.17) is 0 Å². The molecule has 1 saturated heterocycles. The fourth-order valence-corrected chi connectivity index (χ4v) is 2.51. The van der Waals surface area contributed by atoms with Crippen LogP contribution in [0, 0.1) is 0 Å². The van der Waals surface area contributed by atoms with Crippen molar-refractivity contribution in [1.29, 1.82) is 0 Å². The minimum atomic E-state index is 0.680. The fraction of sp³-hybridized carbons (Fsp3) is 1.00. The van der Waals surface area contributed by atoms with Crippen molar-refractivity contribution in [3.63, 3.8) is 0 Å². The maximum absolute atomic E-state index is 3.63. The van der Waals surface area contributed by atoms with Gasteiger partial charge in [0.05, 0.1) is 0 Å². The number of hydrogen-bond donors (Lipinski definition) is 1. The summed E-state index contributed by atoms with van der Waals surface area (Å²) in [5.41, 5.74) is 0. The summed E-state index contributed by atoms with van der Waals surface area (Å²) in [5.74, 6) is 0. The quantitative estimate of drug-likeness (QED) is 0.637. The Bertz CT molecular complexity index is 206. The summed E-state index contributed by atoms with van der Waals surface area (Å²) in [4.78, 5) is 5.07. The number of hydrogen-bond acceptors (Lipinski definition) is 3. The van der Waals surface area contributed by atoms with Crippen molar-refractivity contribution in [2.75, 3.05) is 39.8 Å². The predicted octanol–water partition coefficient (Wildman–Crippen LogP) is 2.18. The molecule has 0 amide bonds. The van der Waals surface area contributed by atoms with Crippen LogP contribution in [0.25, 0.3) is 0 Å². The van der Waals surface area contributed by atoms with Crippen molar-refractivity contribution in [3.05, 3.63) is 0 Å². The minimum absolute atomic E-state index is 0.680. The Labute approximate surface area is 114 Å². The fourth-order valence-electron chi connectivity index (χ4n) is 2.51. The number of nitrogens with one attached hydrogen (secondary N) is 1. The van der Waals surface area contributed by atoms with E-state index in [1.165, 1.54) is 58.4 Å². The minimum Gasteiger partial charge on any atom is -0.313 e. The van der Waals surface area contributed by atoms with Crippen LogP contribution in [0.1, 0.15) is 46.5 Å². The Morgan fingerprint density at radius 3 is 2.78 bits per heavy atom. The highest BCUT2D eigenvalue weighted by atomic mass is 15.2. The molecule has 0 aromatic carbocycles. The van der Waals surface area contributed by atoms with Crippen molar-refractivity contribution >= 4 is 0 Å². The molecule has 108 valence electrons. The van der Waals surface area contributed by atoms with E-state index in [0.717, 1.165) is 6.04 Å². The Kier molecular flexibility index (Phi) is 7.87. The summed E-state index contributed by atoms with van der Waals surface area (Å²) in [5, 5.41) is 3.63. The highest BCUT2D eigenvalue weighted by Crippen LogP contribution is 2.10. The average Bonchev–Trinajstić information content (AvgIpc) is 2.79. The summed E-state index contributed by atoms with van der Waals surface area (Å²) < 4.78 is 0. The van der Waals surface area contributed by atoms with Crippen molar-refractivity contribution in [2.45, 2.75) is 58.5 Å². The van der Waals surface area contributed by atoms with Gasteiger partial charge in [0, 0.05) is 18.6 Å². The van der Waals surface area contributed by atoms with Crippen molar-refractivity contribution in [2.24, 2.45) is 0 Å². The monoisotopic (exact) mass is 255 g/mol. The van der Waals surface area contributed by atoms with Gasteiger partial charge in [-0.05, 0) is 72.8 Å². The number of rotatable bonds is 9. The van der Waals surface area contributed by atoms with Gasteiger partial charge in [0.2, 0.25) is 0 Å². The third-order valence-corrected chi connectivity index (χ3v) is 4.07. The second kappa shape index (κ2) is 8.89. The summed E-state index contributed by atoms with van der Waals surface area (Å²) in [6.45, 7) is 13.0. The van der Waals surface area contributed by atoms with Gasteiger partial charge in [-0.2, -0.15) is 0 Å². The smallest absolute Gasteiger partial charge is 0.0207 e. The first kappa shape index (κ1) is 15.9. The van der Waals surface area contributed by atoms with E-state index in [9.17, 15) is 0 Å². The van der Waals surface area contributed by atoms with Crippen LogP contribution in [-0.2, 0) is 0 Å². The van der Waals surface area contributed by atoms with Crippen LogP contribution in [0.4, 0.5) is 0 Å². The molecule has 1 atom stereocenters. The maximum Gasteiger partial charge on any atom is 0.0207 e. The van der Waals surface area contributed by atoms with Gasteiger partial charge in [0.15, 0.2) is 0 Å². The van der Waals surface area contributed by atoms with Crippen molar-refractivity contribution in [1.82, 2.24) is 15.1 Å². The molecule has 18 heavy (non-hydrogen) atoms. The lowest BCUT2D eigenvalue weighted by Gasteiger charge is -2.21. The second-order valence-corrected chi connectivity index (χ2v) is 6.02. The van der Waals surface area contributed by atoms with Gasteiger partial charge in [-0.15, -0.1) is 0 Å². The molecule has 0 radical (unpaired) electrons. The molecular weight excluding hydrogens is 222 g/mol. The zero-order chi connectivity index (χ0) is 13.4. The van der Waals surface area contributed by atoms with Crippen LogP contribution >= 0.6 is 0 Å². The Morgan fingerprint density at radius 2 is 2.11 bits per heavy atom. The molecular formula is C15H33N3. The SMILES string of the molecule is CCCNC1CCN(CCCCN(C)C(C)C)C1. The lowest BCUT2D eigenvalue weighted by Crippen LogP contribution is -2.33. The third kappa shape index (κ3) is 6.17. The van der Waals surface area contributed by atoms with Gasteiger partial charge in [-0.1, -0.05) is 6.92 Å². The number of unbranched alkanes of at least 4 members (excludes halogenated alkanes) is 1. The number of likely N-dealkylation sites (tertiary alicyclic amines) is 1. The lowest BCUT2D eigenvalue weighted by atomic mass is 10.2. The Balaban J connectivity index is 2.00. The first-order chi connectivity index (χ1) is 8.63. The van der Waals surface area contributed by atoms with Gasteiger partial charge in [0.1, 0.15) is 0 Å². The van der Waals surface area contributed by atoms with Gasteiger partial charge >= 0.3 is 0 Å². The zero-order valence-electron chi connectivity index (χ0n) is 12.9. The van der Waals surface area contributed by atoms with E-state index in [1.807, 2.05) is 0 Å². The third-order valence-electron chi connectivity index (χ3n) is 4.07. The van der Waals surface area contributed by atoms with Crippen LogP contribution < -0.4 is 5.32 Å². The van der Waals surface area contributed by atoms with Crippen LogP contribution in [0.5, 0.6) is 0 Å². The van der Waals surface area contributed by atoms with Gasteiger partial charge in [-0.3, -0.25) is 0 Å². The molecule has 0 aliphatic carbocycles. The highest BCUT2D eigenvalue weighted by Gasteiger charge is 2.20. The van der Waals surface area contributed by atoms with E-state index >= 15 is 0 Å². The molecule has 1 N–H and O–H groups in total. The average molecular weight is 255 g/mol. The molecule has 0 aromatic rings. The normalized spacial score (nSPS) is 21.3. The first-order valence-electron chi connectivity index (χ1n) is 7.79. The van der Waals surface area contributed by atoms with Crippen LogP contribution in [0.3, 0.4) is 0 Å². The van der Waals surface area contributed by atoms with Crippen LogP contribution in [-0.4, -0.2) is 61.7 Å². The highest BCUT2D eigenvalue weighted by molar-refractivity contribution is 4.80. The van der Waals surface area contributed by atoms with Gasteiger partial charge in [0.25, 0.3) is 0 Å². The molecule has 0 saturated carbocycles. The molecule has 0 aromatic heterocycles. The van der Waals surface area contributed by atoms with Gasteiger partial charge in [-0.25, -0.2) is 0 Å². The van der Waals surface area contributed by atoms with Crippen LogP contribution in [0.2, 0.25) is 0 Å². The molecule has 1 aliphatic heterocycles. The van der Waals surface area contributed by atoms with Crippen LogP contribution in [0.15, 0.2) is 0 Å². The summed E-state index contributed by atoms with van der Waals surface area (Å²) in [7, 11) is 2.23. The molecule has 3 nitrogen and oxygen atoms in total. The van der Waals surface area contributed by atoms with Crippen molar-refractivity contribution < 1.29 is 0 Å². The Hall–Kier alpha value is -0.120. The molecule has 1 aliphatic rings. The van der Waals surface area contributed by atoms with E-state index in [-0.39, 0.29) is 0 Å². The summed E-state index contributed by atoms with van der Waals surface area (Å²) >= 11 is 0. The number of nitrogens with zero attached hydrogens (tertiary/aromatic N) is 2. The molecule has 1 rings (SSSR count). The zero-order valence-corrected chi connectivity index (χ0v) is 12.9. The second-order valence-electron chi connectivity index (χ2n) is 6.02. The van der Waals surface area contributed by atoms with E-state index < -0.39 is 0 Å². The topological polar surface area (TPSA) is 18.5 Å². The van der Waals surface area contributed by atoms with E-state index in [0.29, 0.717) is 6.04 Å². The standard InChI is InChI=1S/C15H33N3/c1-5-9-16-15-8-12-18(13-15)11-7-6-10-17(4)14(2)3/h14-16H,5-13H2,1-4H3. The molecule has 1 unspecified atom stereocenters.